The van der Waals surface area contributed by atoms with Crippen molar-refractivity contribution in [3.05, 3.63) is 59.9 Å². The molecule has 1 atom stereocenters. The van der Waals surface area contributed by atoms with Crippen LogP contribution in [0.4, 0.5) is 4.39 Å². The normalized spacial score (nSPS) is 12.2. The summed E-state index contributed by atoms with van der Waals surface area (Å²) in [5, 5.41) is 3.43. The second-order valence-electron chi connectivity index (χ2n) is 4.62. The van der Waals surface area contributed by atoms with Crippen molar-refractivity contribution < 1.29 is 9.13 Å². The van der Waals surface area contributed by atoms with Crippen molar-refractivity contribution in [1.29, 1.82) is 0 Å². The maximum Gasteiger partial charge on any atom is 0.132 e. The van der Waals surface area contributed by atoms with Crippen LogP contribution in [0.5, 0.6) is 11.5 Å². The van der Waals surface area contributed by atoms with Crippen LogP contribution in [-0.2, 0) is 0 Å². The Kier molecular flexibility index (Phi) is 5.13. The summed E-state index contributed by atoms with van der Waals surface area (Å²) < 4.78 is 19.1. The van der Waals surface area contributed by atoms with Crippen molar-refractivity contribution in [3.63, 3.8) is 0 Å². The number of ether oxygens (including phenoxy) is 1. The molecule has 2 aromatic rings. The van der Waals surface area contributed by atoms with E-state index >= 15 is 0 Å². The van der Waals surface area contributed by atoms with E-state index in [0.29, 0.717) is 5.75 Å². The van der Waals surface area contributed by atoms with Gasteiger partial charge in [-0.15, -0.1) is 0 Å². The highest BCUT2D eigenvalue weighted by atomic mass is 19.1. The number of hydrogen-bond donors (Lipinski definition) is 1. The van der Waals surface area contributed by atoms with Gasteiger partial charge >= 0.3 is 0 Å². The fourth-order valence-corrected chi connectivity index (χ4v) is 2.24. The van der Waals surface area contributed by atoms with Crippen molar-refractivity contribution in [2.75, 3.05) is 6.54 Å². The number of rotatable bonds is 6. The topological polar surface area (TPSA) is 21.3 Å². The minimum Gasteiger partial charge on any atom is -0.457 e. The summed E-state index contributed by atoms with van der Waals surface area (Å²) >= 11 is 0. The summed E-state index contributed by atoms with van der Waals surface area (Å²) in [4.78, 5) is 0. The maximum atomic E-state index is 13.2. The van der Waals surface area contributed by atoms with E-state index in [0.717, 1.165) is 24.3 Å². The Hall–Kier alpha value is -1.87. The Morgan fingerprint density at radius 2 is 1.90 bits per heavy atom. The van der Waals surface area contributed by atoms with E-state index in [1.54, 1.807) is 12.1 Å². The van der Waals surface area contributed by atoms with Gasteiger partial charge in [-0.1, -0.05) is 38.1 Å². The zero-order valence-electron chi connectivity index (χ0n) is 11.9. The molecule has 20 heavy (non-hydrogen) atoms. The molecule has 0 saturated heterocycles. The third kappa shape index (κ3) is 3.58. The van der Waals surface area contributed by atoms with Crippen LogP contribution in [0, 0.1) is 5.82 Å². The van der Waals surface area contributed by atoms with E-state index in [9.17, 15) is 4.39 Å². The Morgan fingerprint density at radius 3 is 2.60 bits per heavy atom. The first-order chi connectivity index (χ1) is 9.74. The van der Waals surface area contributed by atoms with Crippen molar-refractivity contribution in [3.8, 4) is 11.5 Å². The second kappa shape index (κ2) is 7.06. The van der Waals surface area contributed by atoms with Crippen LogP contribution in [0.15, 0.2) is 48.5 Å². The molecule has 0 aliphatic heterocycles. The highest BCUT2D eigenvalue weighted by Crippen LogP contribution is 2.31. The van der Waals surface area contributed by atoms with E-state index in [4.69, 9.17) is 4.74 Å². The van der Waals surface area contributed by atoms with Crippen LogP contribution in [0.3, 0.4) is 0 Å². The molecule has 0 aromatic heterocycles. The highest BCUT2D eigenvalue weighted by molar-refractivity contribution is 5.39. The molecular formula is C17H20FNO. The zero-order chi connectivity index (χ0) is 14.4. The molecule has 1 N–H and O–H groups in total. The summed E-state index contributed by atoms with van der Waals surface area (Å²) in [6.45, 7) is 5.11. The smallest absolute Gasteiger partial charge is 0.132 e. The quantitative estimate of drug-likeness (QED) is 0.825. The molecule has 1 unspecified atom stereocenters. The van der Waals surface area contributed by atoms with Gasteiger partial charge in [0.25, 0.3) is 0 Å². The fraction of sp³-hybridized carbons (Fsp3) is 0.294. The third-order valence-corrected chi connectivity index (χ3v) is 3.18. The molecule has 2 nitrogen and oxygen atoms in total. The van der Waals surface area contributed by atoms with Gasteiger partial charge in [-0.05, 0) is 31.2 Å². The van der Waals surface area contributed by atoms with E-state index in [1.165, 1.54) is 12.1 Å². The molecule has 0 fully saturated rings. The summed E-state index contributed by atoms with van der Waals surface area (Å²) in [5.74, 6) is 0.994. The Bertz CT molecular complexity index is 556. The average molecular weight is 273 g/mol. The Balaban J connectivity index is 2.27. The predicted octanol–water partition coefficient (Wildman–Crippen LogP) is 4.68. The fourth-order valence-electron chi connectivity index (χ4n) is 2.24. The molecule has 0 aliphatic carbocycles. The van der Waals surface area contributed by atoms with Crippen molar-refractivity contribution in [2.45, 2.75) is 26.3 Å². The number of halogens is 1. The van der Waals surface area contributed by atoms with Crippen LogP contribution in [0.1, 0.15) is 31.9 Å². The lowest BCUT2D eigenvalue weighted by Gasteiger charge is -2.19. The molecule has 0 aliphatic rings. The summed E-state index contributed by atoms with van der Waals surface area (Å²) in [6, 6.07) is 14.3. The van der Waals surface area contributed by atoms with Gasteiger partial charge < -0.3 is 10.1 Å². The van der Waals surface area contributed by atoms with Gasteiger partial charge in [-0.2, -0.15) is 0 Å². The lowest BCUT2D eigenvalue weighted by Crippen LogP contribution is -2.20. The summed E-state index contributed by atoms with van der Waals surface area (Å²) in [7, 11) is 0. The molecule has 0 radical (unpaired) electrons. The average Bonchev–Trinajstić information content (AvgIpc) is 2.46. The third-order valence-electron chi connectivity index (χ3n) is 3.18. The van der Waals surface area contributed by atoms with Crippen LogP contribution in [0.25, 0.3) is 0 Å². The van der Waals surface area contributed by atoms with E-state index in [-0.39, 0.29) is 11.9 Å². The molecule has 0 saturated carbocycles. The van der Waals surface area contributed by atoms with Crippen LogP contribution in [0.2, 0.25) is 0 Å². The van der Waals surface area contributed by atoms with Gasteiger partial charge in [0.2, 0.25) is 0 Å². The Labute approximate surface area is 119 Å². The monoisotopic (exact) mass is 273 g/mol. The number of nitrogens with one attached hydrogen (secondary N) is 1. The number of hydrogen-bond acceptors (Lipinski definition) is 2. The largest absolute Gasteiger partial charge is 0.457 e. The zero-order valence-corrected chi connectivity index (χ0v) is 11.9. The first kappa shape index (κ1) is 14.5. The summed E-state index contributed by atoms with van der Waals surface area (Å²) in [5.41, 5.74) is 1.10. The molecule has 0 bridgehead atoms. The Morgan fingerprint density at radius 1 is 1.10 bits per heavy atom. The van der Waals surface area contributed by atoms with Gasteiger partial charge in [0, 0.05) is 17.7 Å². The lowest BCUT2D eigenvalue weighted by atomic mass is 10.0. The molecule has 2 aromatic carbocycles. The highest BCUT2D eigenvalue weighted by Gasteiger charge is 2.13. The van der Waals surface area contributed by atoms with Gasteiger partial charge in [-0.25, -0.2) is 4.39 Å². The first-order valence-corrected chi connectivity index (χ1v) is 7.00. The molecule has 0 heterocycles. The minimum atomic E-state index is -0.293. The molecule has 2 rings (SSSR count). The number of para-hydroxylation sites is 1. The molecule has 0 spiro atoms. The first-order valence-electron chi connectivity index (χ1n) is 7.00. The van der Waals surface area contributed by atoms with E-state index < -0.39 is 0 Å². The molecular weight excluding hydrogens is 253 g/mol. The van der Waals surface area contributed by atoms with Crippen LogP contribution in [-0.4, -0.2) is 6.54 Å². The standard InChI is InChI=1S/C17H20FNO/c1-3-16(19-4-2)15-10-5-6-11-17(15)20-14-9-7-8-13(18)12-14/h5-12,16,19H,3-4H2,1-2H3. The number of benzene rings is 2. The van der Waals surface area contributed by atoms with Gasteiger partial charge in [0.15, 0.2) is 0 Å². The van der Waals surface area contributed by atoms with Crippen LogP contribution < -0.4 is 10.1 Å². The van der Waals surface area contributed by atoms with Gasteiger partial charge in [0.05, 0.1) is 0 Å². The molecule has 3 heteroatoms. The lowest BCUT2D eigenvalue weighted by molar-refractivity contribution is 0.449. The van der Waals surface area contributed by atoms with Crippen molar-refractivity contribution in [1.82, 2.24) is 5.32 Å². The summed E-state index contributed by atoms with van der Waals surface area (Å²) in [6.07, 6.45) is 0.970. The van der Waals surface area contributed by atoms with Crippen molar-refractivity contribution >= 4 is 0 Å². The predicted molar refractivity (Wildman–Crippen MR) is 79.6 cm³/mol. The minimum absolute atomic E-state index is 0.241. The van der Waals surface area contributed by atoms with Gasteiger partial charge in [0.1, 0.15) is 17.3 Å². The van der Waals surface area contributed by atoms with E-state index in [1.807, 2.05) is 24.3 Å². The second-order valence-corrected chi connectivity index (χ2v) is 4.62. The SMILES string of the molecule is CCNC(CC)c1ccccc1Oc1cccc(F)c1. The van der Waals surface area contributed by atoms with Gasteiger partial charge in [-0.3, -0.25) is 0 Å². The van der Waals surface area contributed by atoms with Crippen molar-refractivity contribution in [2.24, 2.45) is 0 Å². The van der Waals surface area contributed by atoms with Crippen LogP contribution >= 0.6 is 0 Å². The molecule has 0 amide bonds. The maximum absolute atomic E-state index is 13.2. The van der Waals surface area contributed by atoms with E-state index in [2.05, 4.69) is 19.2 Å². The molecule has 106 valence electrons.